The standard InChI is InChI=1S/C14H23NO/c1-11(2)9-14(3,15)10-12-5-7-13(16-4)8-6-12/h5-8,11H,9-10,15H2,1-4H3. The fourth-order valence-electron chi connectivity index (χ4n) is 2.21. The molecule has 90 valence electrons. The Morgan fingerprint density at radius 1 is 1.25 bits per heavy atom. The molecule has 0 aromatic heterocycles. The molecule has 2 nitrogen and oxygen atoms in total. The summed E-state index contributed by atoms with van der Waals surface area (Å²) >= 11 is 0. The Hall–Kier alpha value is -1.02. The van der Waals surface area contributed by atoms with Crippen molar-refractivity contribution in [2.24, 2.45) is 11.7 Å². The van der Waals surface area contributed by atoms with Gasteiger partial charge >= 0.3 is 0 Å². The lowest BCUT2D eigenvalue weighted by Crippen LogP contribution is -2.39. The van der Waals surface area contributed by atoms with Crippen molar-refractivity contribution in [3.8, 4) is 5.75 Å². The van der Waals surface area contributed by atoms with E-state index in [0.29, 0.717) is 5.92 Å². The van der Waals surface area contributed by atoms with Crippen molar-refractivity contribution in [1.82, 2.24) is 0 Å². The lowest BCUT2D eigenvalue weighted by atomic mass is 9.86. The molecule has 2 N–H and O–H groups in total. The number of benzene rings is 1. The minimum absolute atomic E-state index is 0.122. The molecule has 2 heteroatoms. The zero-order chi connectivity index (χ0) is 12.2. The van der Waals surface area contributed by atoms with Crippen LogP contribution in [0.5, 0.6) is 5.75 Å². The second-order valence-electron chi connectivity index (χ2n) is 5.28. The maximum atomic E-state index is 6.29. The highest BCUT2D eigenvalue weighted by molar-refractivity contribution is 5.28. The van der Waals surface area contributed by atoms with Gasteiger partial charge in [-0.25, -0.2) is 0 Å². The van der Waals surface area contributed by atoms with Crippen molar-refractivity contribution < 1.29 is 4.74 Å². The SMILES string of the molecule is COc1ccc(CC(C)(N)CC(C)C)cc1. The Balaban J connectivity index is 2.64. The van der Waals surface area contributed by atoms with Gasteiger partial charge in [0.05, 0.1) is 7.11 Å². The molecule has 0 amide bonds. The molecule has 0 saturated carbocycles. The maximum Gasteiger partial charge on any atom is 0.118 e. The fourth-order valence-corrected chi connectivity index (χ4v) is 2.21. The van der Waals surface area contributed by atoms with Crippen LogP contribution >= 0.6 is 0 Å². The number of hydrogen-bond donors (Lipinski definition) is 1. The highest BCUT2D eigenvalue weighted by Crippen LogP contribution is 2.20. The summed E-state index contributed by atoms with van der Waals surface area (Å²) in [6.07, 6.45) is 1.95. The lowest BCUT2D eigenvalue weighted by molar-refractivity contribution is 0.367. The third-order valence-electron chi connectivity index (χ3n) is 2.64. The van der Waals surface area contributed by atoms with Crippen molar-refractivity contribution in [3.05, 3.63) is 29.8 Å². The van der Waals surface area contributed by atoms with E-state index in [1.54, 1.807) is 7.11 Å². The summed E-state index contributed by atoms with van der Waals surface area (Å²) in [6.45, 7) is 6.54. The van der Waals surface area contributed by atoms with Crippen molar-refractivity contribution in [2.75, 3.05) is 7.11 Å². The number of methoxy groups -OCH3 is 1. The van der Waals surface area contributed by atoms with Gasteiger partial charge in [-0.3, -0.25) is 0 Å². The molecule has 0 aliphatic heterocycles. The van der Waals surface area contributed by atoms with Crippen LogP contribution in [0.25, 0.3) is 0 Å². The van der Waals surface area contributed by atoms with Gasteiger partial charge in [0.15, 0.2) is 0 Å². The van der Waals surface area contributed by atoms with Crippen molar-refractivity contribution >= 4 is 0 Å². The number of rotatable bonds is 5. The first-order valence-electron chi connectivity index (χ1n) is 5.85. The summed E-state index contributed by atoms with van der Waals surface area (Å²) in [5.41, 5.74) is 7.44. The summed E-state index contributed by atoms with van der Waals surface area (Å²) in [4.78, 5) is 0. The third kappa shape index (κ3) is 4.23. The highest BCUT2D eigenvalue weighted by Gasteiger charge is 2.20. The molecule has 1 unspecified atom stereocenters. The number of ether oxygens (including phenoxy) is 1. The first-order valence-corrected chi connectivity index (χ1v) is 5.85. The Morgan fingerprint density at radius 3 is 2.25 bits per heavy atom. The molecule has 0 spiro atoms. The van der Waals surface area contributed by atoms with E-state index in [-0.39, 0.29) is 5.54 Å². The first-order chi connectivity index (χ1) is 7.43. The van der Waals surface area contributed by atoms with Crippen LogP contribution in [0.15, 0.2) is 24.3 Å². The zero-order valence-electron chi connectivity index (χ0n) is 10.8. The van der Waals surface area contributed by atoms with E-state index >= 15 is 0 Å². The molecule has 1 rings (SSSR count). The molecular formula is C14H23NO. The molecule has 0 bridgehead atoms. The number of hydrogen-bond acceptors (Lipinski definition) is 2. The van der Waals surface area contributed by atoms with E-state index < -0.39 is 0 Å². The van der Waals surface area contributed by atoms with Gasteiger partial charge in [0.25, 0.3) is 0 Å². The van der Waals surface area contributed by atoms with Gasteiger partial charge in [0, 0.05) is 5.54 Å². The summed E-state index contributed by atoms with van der Waals surface area (Å²) in [6, 6.07) is 8.15. The van der Waals surface area contributed by atoms with E-state index in [0.717, 1.165) is 18.6 Å². The zero-order valence-corrected chi connectivity index (χ0v) is 10.8. The van der Waals surface area contributed by atoms with E-state index in [4.69, 9.17) is 10.5 Å². The summed E-state index contributed by atoms with van der Waals surface area (Å²) in [5, 5.41) is 0. The van der Waals surface area contributed by atoms with Gasteiger partial charge in [0.2, 0.25) is 0 Å². The average Bonchev–Trinajstić information content (AvgIpc) is 2.16. The summed E-state index contributed by atoms with van der Waals surface area (Å²) in [7, 11) is 1.68. The Bertz CT molecular complexity index is 314. The van der Waals surface area contributed by atoms with Crippen LogP contribution in [-0.2, 0) is 6.42 Å². The summed E-state index contributed by atoms with van der Waals surface area (Å²) < 4.78 is 5.13. The van der Waals surface area contributed by atoms with Gasteiger partial charge in [-0.15, -0.1) is 0 Å². The van der Waals surface area contributed by atoms with Crippen LogP contribution in [0.3, 0.4) is 0 Å². The average molecular weight is 221 g/mol. The van der Waals surface area contributed by atoms with Gasteiger partial charge in [0.1, 0.15) is 5.75 Å². The molecule has 0 aliphatic carbocycles. The van der Waals surface area contributed by atoms with E-state index in [2.05, 4.69) is 32.9 Å². The minimum atomic E-state index is -0.122. The Kier molecular flexibility index (Phi) is 4.36. The molecular weight excluding hydrogens is 198 g/mol. The molecule has 0 aliphatic rings. The molecule has 0 saturated heterocycles. The van der Waals surface area contributed by atoms with Crippen LogP contribution < -0.4 is 10.5 Å². The van der Waals surface area contributed by atoms with Gasteiger partial charge in [-0.1, -0.05) is 26.0 Å². The fraction of sp³-hybridized carbons (Fsp3) is 0.571. The van der Waals surface area contributed by atoms with E-state index in [1.807, 2.05) is 12.1 Å². The normalized spacial score (nSPS) is 14.9. The lowest BCUT2D eigenvalue weighted by Gasteiger charge is -2.26. The molecule has 16 heavy (non-hydrogen) atoms. The molecule has 0 fully saturated rings. The maximum absolute atomic E-state index is 6.29. The highest BCUT2D eigenvalue weighted by atomic mass is 16.5. The predicted octanol–water partition coefficient (Wildman–Crippen LogP) is 3.00. The van der Waals surface area contributed by atoms with Gasteiger partial charge in [-0.2, -0.15) is 0 Å². The van der Waals surface area contributed by atoms with Crippen LogP contribution in [0.2, 0.25) is 0 Å². The first kappa shape index (κ1) is 13.0. The van der Waals surface area contributed by atoms with Crippen molar-refractivity contribution in [3.63, 3.8) is 0 Å². The summed E-state index contributed by atoms with van der Waals surface area (Å²) in [5.74, 6) is 1.53. The molecule has 1 aromatic rings. The van der Waals surface area contributed by atoms with Crippen molar-refractivity contribution in [1.29, 1.82) is 0 Å². The second-order valence-corrected chi connectivity index (χ2v) is 5.28. The molecule has 1 atom stereocenters. The number of nitrogens with two attached hydrogens (primary N) is 1. The monoisotopic (exact) mass is 221 g/mol. The van der Waals surface area contributed by atoms with Crippen molar-refractivity contribution in [2.45, 2.75) is 39.2 Å². The minimum Gasteiger partial charge on any atom is -0.497 e. The quantitative estimate of drug-likeness (QED) is 0.829. The largest absolute Gasteiger partial charge is 0.497 e. The van der Waals surface area contributed by atoms with Crippen LogP contribution in [0.1, 0.15) is 32.8 Å². The third-order valence-corrected chi connectivity index (χ3v) is 2.64. The Morgan fingerprint density at radius 2 is 1.81 bits per heavy atom. The Labute approximate surface area is 98.8 Å². The van der Waals surface area contributed by atoms with Gasteiger partial charge < -0.3 is 10.5 Å². The smallest absolute Gasteiger partial charge is 0.118 e. The molecule has 1 aromatic carbocycles. The van der Waals surface area contributed by atoms with Crippen LogP contribution in [0, 0.1) is 5.92 Å². The van der Waals surface area contributed by atoms with Gasteiger partial charge in [-0.05, 0) is 43.4 Å². The molecule has 0 heterocycles. The molecule has 0 radical (unpaired) electrons. The predicted molar refractivity (Wildman–Crippen MR) is 68.7 cm³/mol. The van der Waals surface area contributed by atoms with E-state index in [9.17, 15) is 0 Å². The van der Waals surface area contributed by atoms with E-state index in [1.165, 1.54) is 5.56 Å². The second kappa shape index (κ2) is 5.35. The van der Waals surface area contributed by atoms with Crippen LogP contribution in [-0.4, -0.2) is 12.6 Å². The van der Waals surface area contributed by atoms with Crippen LogP contribution in [0.4, 0.5) is 0 Å². The topological polar surface area (TPSA) is 35.2 Å².